The van der Waals surface area contributed by atoms with Gasteiger partial charge in [0.05, 0.1) is 19.1 Å². The van der Waals surface area contributed by atoms with Crippen molar-refractivity contribution in [2.45, 2.75) is 5.16 Å². The number of benzene rings is 3. The Hall–Kier alpha value is -4.11. The molecule has 0 bridgehead atoms. The zero-order chi connectivity index (χ0) is 23.0. The predicted octanol–water partition coefficient (Wildman–Crippen LogP) is 3.89. The van der Waals surface area contributed by atoms with Crippen molar-refractivity contribution < 1.29 is 14.6 Å². The van der Waals surface area contributed by atoms with Gasteiger partial charge in [-0.15, -0.1) is 10.2 Å². The monoisotopic (exact) mass is 459 g/mol. The summed E-state index contributed by atoms with van der Waals surface area (Å²) in [4.78, 5) is 12.3. The van der Waals surface area contributed by atoms with Crippen molar-refractivity contribution >= 4 is 23.9 Å². The summed E-state index contributed by atoms with van der Waals surface area (Å²) in [5, 5.41) is 23.1. The minimum atomic E-state index is -0.317. The highest BCUT2D eigenvalue weighted by molar-refractivity contribution is 7.99. The molecule has 0 fully saturated rings. The summed E-state index contributed by atoms with van der Waals surface area (Å²) >= 11 is 1.25. The first-order valence-corrected chi connectivity index (χ1v) is 11.0. The van der Waals surface area contributed by atoms with Crippen molar-refractivity contribution in [1.29, 1.82) is 0 Å². The van der Waals surface area contributed by atoms with Crippen molar-refractivity contribution in [1.82, 2.24) is 20.2 Å². The number of hydrazone groups is 1. The van der Waals surface area contributed by atoms with Crippen LogP contribution in [-0.2, 0) is 4.79 Å². The first kappa shape index (κ1) is 22.1. The molecule has 0 atom stereocenters. The number of nitrogens with one attached hydrogen (secondary N) is 1. The number of hydrogen-bond acceptors (Lipinski definition) is 7. The van der Waals surface area contributed by atoms with E-state index in [2.05, 4.69) is 20.7 Å². The molecule has 0 aliphatic carbocycles. The Labute approximate surface area is 194 Å². The first-order chi connectivity index (χ1) is 16.2. The molecule has 1 heterocycles. The maximum atomic E-state index is 12.3. The molecule has 1 aromatic heterocycles. The molecular formula is C24H21N5O3S. The Morgan fingerprint density at radius 3 is 2.55 bits per heavy atom. The van der Waals surface area contributed by atoms with Gasteiger partial charge in [0.2, 0.25) is 0 Å². The number of nitrogens with zero attached hydrogens (tertiary/aromatic N) is 4. The van der Waals surface area contributed by atoms with Gasteiger partial charge in [0.25, 0.3) is 5.91 Å². The van der Waals surface area contributed by atoms with Crippen molar-refractivity contribution in [2.75, 3.05) is 12.9 Å². The van der Waals surface area contributed by atoms with Gasteiger partial charge >= 0.3 is 0 Å². The SMILES string of the molecule is COc1ccc(O)c(C=NNC(=O)CSc2nnc(-c3ccccc3)n2-c2ccccc2)c1. The molecule has 8 nitrogen and oxygen atoms in total. The van der Waals surface area contributed by atoms with Crippen LogP contribution in [0.1, 0.15) is 5.56 Å². The lowest BCUT2D eigenvalue weighted by atomic mass is 10.2. The highest BCUT2D eigenvalue weighted by Crippen LogP contribution is 2.27. The molecular weight excluding hydrogens is 438 g/mol. The number of aromatic hydroxyl groups is 1. The maximum absolute atomic E-state index is 12.3. The van der Waals surface area contributed by atoms with Crippen molar-refractivity contribution in [3.8, 4) is 28.6 Å². The molecule has 0 spiro atoms. The van der Waals surface area contributed by atoms with Crippen LogP contribution in [0.2, 0.25) is 0 Å². The summed E-state index contributed by atoms with van der Waals surface area (Å²) in [6.45, 7) is 0. The van der Waals surface area contributed by atoms with Crippen LogP contribution in [0, 0.1) is 0 Å². The molecule has 0 aliphatic rings. The molecule has 3 aromatic carbocycles. The molecule has 4 rings (SSSR count). The minimum Gasteiger partial charge on any atom is -0.507 e. The molecule has 0 aliphatic heterocycles. The lowest BCUT2D eigenvalue weighted by Crippen LogP contribution is -2.20. The van der Waals surface area contributed by atoms with Crippen LogP contribution in [0.5, 0.6) is 11.5 Å². The molecule has 9 heteroatoms. The third-order valence-corrected chi connectivity index (χ3v) is 5.57. The number of rotatable bonds is 8. The highest BCUT2D eigenvalue weighted by atomic mass is 32.2. The summed E-state index contributed by atoms with van der Waals surface area (Å²) in [7, 11) is 1.53. The van der Waals surface area contributed by atoms with Crippen LogP contribution in [-0.4, -0.2) is 44.9 Å². The molecule has 0 radical (unpaired) electrons. The van der Waals surface area contributed by atoms with E-state index in [1.165, 1.54) is 31.2 Å². The molecule has 0 unspecified atom stereocenters. The van der Waals surface area contributed by atoms with Gasteiger partial charge in [0, 0.05) is 16.8 Å². The molecule has 0 saturated carbocycles. The van der Waals surface area contributed by atoms with Crippen LogP contribution < -0.4 is 10.2 Å². The van der Waals surface area contributed by atoms with E-state index in [-0.39, 0.29) is 17.4 Å². The van der Waals surface area contributed by atoms with E-state index >= 15 is 0 Å². The number of aromatic nitrogens is 3. The standard InChI is InChI=1S/C24H21N5O3S/c1-32-20-12-13-21(30)18(14-20)15-25-26-22(31)16-33-24-28-27-23(17-8-4-2-5-9-17)29(24)19-10-6-3-7-11-19/h2-15,30H,16H2,1H3,(H,26,31). The average molecular weight is 460 g/mol. The van der Waals surface area contributed by atoms with E-state index in [1.54, 1.807) is 12.1 Å². The van der Waals surface area contributed by atoms with E-state index in [0.29, 0.717) is 22.3 Å². The number of phenolic OH excluding ortho intramolecular Hbond substituents is 1. The Bertz CT molecular complexity index is 1260. The zero-order valence-electron chi connectivity index (χ0n) is 17.8. The lowest BCUT2D eigenvalue weighted by molar-refractivity contribution is -0.118. The molecule has 1 amide bonds. The van der Waals surface area contributed by atoms with Crippen molar-refractivity contribution in [3.05, 3.63) is 84.4 Å². The van der Waals surface area contributed by atoms with Gasteiger partial charge in [0.15, 0.2) is 11.0 Å². The Morgan fingerprint density at radius 1 is 1.09 bits per heavy atom. The fourth-order valence-corrected chi connectivity index (χ4v) is 3.79. The van der Waals surface area contributed by atoms with Gasteiger partial charge in [-0.25, -0.2) is 5.43 Å². The van der Waals surface area contributed by atoms with E-state index in [9.17, 15) is 9.90 Å². The summed E-state index contributed by atoms with van der Waals surface area (Å²) < 4.78 is 7.05. The van der Waals surface area contributed by atoms with Gasteiger partial charge in [-0.2, -0.15) is 5.10 Å². The lowest BCUT2D eigenvalue weighted by Gasteiger charge is -2.10. The normalized spacial score (nSPS) is 10.9. The maximum Gasteiger partial charge on any atom is 0.250 e. The predicted molar refractivity (Wildman–Crippen MR) is 128 cm³/mol. The van der Waals surface area contributed by atoms with E-state index < -0.39 is 0 Å². The molecule has 166 valence electrons. The van der Waals surface area contributed by atoms with Gasteiger partial charge in [0.1, 0.15) is 11.5 Å². The summed E-state index contributed by atoms with van der Waals surface area (Å²) in [5.41, 5.74) is 4.72. The minimum absolute atomic E-state index is 0.0348. The van der Waals surface area contributed by atoms with Gasteiger partial charge in [-0.05, 0) is 30.3 Å². The molecule has 2 N–H and O–H groups in total. The zero-order valence-corrected chi connectivity index (χ0v) is 18.6. The fraction of sp³-hybridized carbons (Fsp3) is 0.0833. The number of phenols is 1. The number of amides is 1. The number of ether oxygens (including phenoxy) is 1. The summed E-state index contributed by atoms with van der Waals surface area (Å²) in [6.07, 6.45) is 1.36. The Kier molecular flexibility index (Phi) is 7.01. The van der Waals surface area contributed by atoms with Crippen LogP contribution >= 0.6 is 11.8 Å². The van der Waals surface area contributed by atoms with Crippen molar-refractivity contribution in [2.24, 2.45) is 5.10 Å². The van der Waals surface area contributed by atoms with E-state index in [0.717, 1.165) is 11.3 Å². The van der Waals surface area contributed by atoms with Gasteiger partial charge in [-0.3, -0.25) is 9.36 Å². The highest BCUT2D eigenvalue weighted by Gasteiger charge is 2.17. The van der Waals surface area contributed by atoms with Crippen LogP contribution in [0.4, 0.5) is 0 Å². The van der Waals surface area contributed by atoms with Crippen LogP contribution in [0.15, 0.2) is 89.1 Å². The van der Waals surface area contributed by atoms with Crippen LogP contribution in [0.25, 0.3) is 17.1 Å². The average Bonchev–Trinajstić information content (AvgIpc) is 3.29. The summed E-state index contributed by atoms with van der Waals surface area (Å²) in [5.74, 6) is 1.07. The third kappa shape index (κ3) is 5.39. The number of methoxy groups -OCH3 is 1. The quantitative estimate of drug-likeness (QED) is 0.235. The third-order valence-electron chi connectivity index (χ3n) is 4.64. The fourth-order valence-electron chi connectivity index (χ4n) is 3.05. The second kappa shape index (κ2) is 10.5. The van der Waals surface area contributed by atoms with Crippen molar-refractivity contribution in [3.63, 3.8) is 0 Å². The molecule has 4 aromatic rings. The largest absolute Gasteiger partial charge is 0.507 e. The van der Waals surface area contributed by atoms with Crippen LogP contribution in [0.3, 0.4) is 0 Å². The molecule has 33 heavy (non-hydrogen) atoms. The number of para-hydroxylation sites is 1. The summed E-state index contributed by atoms with van der Waals surface area (Å²) in [6, 6.07) is 24.3. The first-order valence-electron chi connectivity index (χ1n) is 10.0. The Morgan fingerprint density at radius 2 is 1.82 bits per heavy atom. The second-order valence-electron chi connectivity index (χ2n) is 6.85. The van der Waals surface area contributed by atoms with E-state index in [4.69, 9.17) is 4.74 Å². The van der Waals surface area contributed by atoms with E-state index in [1.807, 2.05) is 65.2 Å². The smallest absolute Gasteiger partial charge is 0.250 e. The van der Waals surface area contributed by atoms with Gasteiger partial charge < -0.3 is 9.84 Å². The number of thioether (sulfide) groups is 1. The topological polar surface area (TPSA) is 102 Å². The Balaban J connectivity index is 1.47. The number of carbonyl (C=O) groups excluding carboxylic acids is 1. The molecule has 0 saturated heterocycles. The van der Waals surface area contributed by atoms with Gasteiger partial charge in [-0.1, -0.05) is 60.3 Å². The number of hydrogen-bond donors (Lipinski definition) is 2. The number of carbonyl (C=O) groups is 1. The second-order valence-corrected chi connectivity index (χ2v) is 7.79.